The van der Waals surface area contributed by atoms with Gasteiger partial charge in [-0.3, -0.25) is 0 Å². The quantitative estimate of drug-likeness (QED) is 0.405. The zero-order chi connectivity index (χ0) is 7.14. The van der Waals surface area contributed by atoms with Crippen molar-refractivity contribution in [1.29, 1.82) is 0 Å². The lowest BCUT2D eigenvalue weighted by atomic mass is 9.91. The van der Waals surface area contributed by atoms with E-state index in [2.05, 4.69) is 19.1 Å². The Morgan fingerprint density at radius 3 is 2.50 bits per heavy atom. The van der Waals surface area contributed by atoms with E-state index in [-0.39, 0.29) is 0 Å². The van der Waals surface area contributed by atoms with Crippen molar-refractivity contribution in [2.24, 2.45) is 17.8 Å². The number of rotatable bonds is 1. The fourth-order valence-electron chi connectivity index (χ4n) is 2.35. The summed E-state index contributed by atoms with van der Waals surface area (Å²) in [6.45, 7) is 2.13. The summed E-state index contributed by atoms with van der Waals surface area (Å²) in [6, 6.07) is 0. The minimum atomic E-state index is 0.375. The highest BCUT2D eigenvalue weighted by Gasteiger charge is 2.37. The van der Waals surface area contributed by atoms with Crippen LogP contribution in [0.3, 0.4) is 0 Å². The first kappa shape index (κ1) is 6.72. The van der Waals surface area contributed by atoms with Crippen molar-refractivity contribution >= 4 is 11.6 Å². The van der Waals surface area contributed by atoms with Crippen molar-refractivity contribution in [2.45, 2.75) is 25.1 Å². The maximum absolute atomic E-state index is 6.04. The predicted molar refractivity (Wildman–Crippen MR) is 44.2 cm³/mol. The number of fused-ring (bicyclic) bond motifs is 2. The number of alkyl halides is 1. The summed E-state index contributed by atoms with van der Waals surface area (Å²) in [6.07, 6.45) is 7.44. The Morgan fingerprint density at radius 2 is 2.20 bits per heavy atom. The van der Waals surface area contributed by atoms with E-state index in [1.54, 1.807) is 0 Å². The van der Waals surface area contributed by atoms with Crippen LogP contribution in [0.2, 0.25) is 0 Å². The SMILES string of the molecule is CC(Cl)[C@H]1CC2C=CC1C2. The van der Waals surface area contributed by atoms with Gasteiger partial charge in [0.05, 0.1) is 0 Å². The third-order valence-electron chi connectivity index (χ3n) is 2.92. The van der Waals surface area contributed by atoms with Gasteiger partial charge in [-0.1, -0.05) is 12.2 Å². The predicted octanol–water partition coefficient (Wildman–Crippen LogP) is 2.83. The van der Waals surface area contributed by atoms with Crippen LogP contribution in [-0.4, -0.2) is 5.38 Å². The Kier molecular flexibility index (Phi) is 1.52. The molecule has 2 aliphatic rings. The molecule has 1 fully saturated rings. The second-order valence-corrected chi connectivity index (χ2v) is 4.31. The van der Waals surface area contributed by atoms with Gasteiger partial charge < -0.3 is 0 Å². The van der Waals surface area contributed by atoms with Crippen molar-refractivity contribution in [2.75, 3.05) is 0 Å². The molecular weight excluding hydrogens is 144 g/mol. The first-order valence-corrected chi connectivity index (χ1v) is 4.53. The van der Waals surface area contributed by atoms with Crippen LogP contribution in [0.5, 0.6) is 0 Å². The van der Waals surface area contributed by atoms with Crippen LogP contribution in [0.4, 0.5) is 0 Å². The van der Waals surface area contributed by atoms with E-state index in [4.69, 9.17) is 11.6 Å². The molecule has 0 nitrogen and oxygen atoms in total. The molecule has 10 heavy (non-hydrogen) atoms. The van der Waals surface area contributed by atoms with Gasteiger partial charge in [-0.15, -0.1) is 11.6 Å². The topological polar surface area (TPSA) is 0 Å². The lowest BCUT2D eigenvalue weighted by molar-refractivity contribution is 0.441. The second kappa shape index (κ2) is 2.27. The maximum atomic E-state index is 6.04. The Bertz CT molecular complexity index is 160. The smallest absolute Gasteiger partial charge is 0.0341 e. The van der Waals surface area contributed by atoms with E-state index < -0.39 is 0 Å². The third-order valence-corrected chi connectivity index (χ3v) is 3.24. The van der Waals surface area contributed by atoms with E-state index in [9.17, 15) is 0 Å². The summed E-state index contributed by atoms with van der Waals surface area (Å²) in [5.41, 5.74) is 0. The van der Waals surface area contributed by atoms with Crippen molar-refractivity contribution in [1.82, 2.24) is 0 Å². The molecule has 0 aromatic rings. The fourth-order valence-corrected chi connectivity index (χ4v) is 2.64. The van der Waals surface area contributed by atoms with Gasteiger partial charge in [0.1, 0.15) is 0 Å². The van der Waals surface area contributed by atoms with Crippen LogP contribution in [0.1, 0.15) is 19.8 Å². The Labute approximate surface area is 67.3 Å². The fraction of sp³-hybridized carbons (Fsp3) is 0.778. The molecule has 1 saturated carbocycles. The number of halogens is 1. The molecule has 0 spiro atoms. The molecule has 0 heterocycles. The van der Waals surface area contributed by atoms with Crippen molar-refractivity contribution in [3.63, 3.8) is 0 Å². The van der Waals surface area contributed by atoms with Crippen LogP contribution in [0, 0.1) is 17.8 Å². The van der Waals surface area contributed by atoms with Crippen LogP contribution in [0.25, 0.3) is 0 Å². The Hall–Kier alpha value is 0.0300. The lowest BCUT2D eigenvalue weighted by Crippen LogP contribution is -2.15. The molecule has 56 valence electrons. The van der Waals surface area contributed by atoms with E-state index in [0.717, 1.165) is 17.8 Å². The number of hydrogen-bond donors (Lipinski definition) is 0. The average Bonchev–Trinajstić information content (AvgIpc) is 2.44. The van der Waals surface area contributed by atoms with Crippen molar-refractivity contribution < 1.29 is 0 Å². The van der Waals surface area contributed by atoms with Gasteiger partial charge in [-0.25, -0.2) is 0 Å². The summed E-state index contributed by atoms with van der Waals surface area (Å²) in [7, 11) is 0. The van der Waals surface area contributed by atoms with Gasteiger partial charge in [0.15, 0.2) is 0 Å². The van der Waals surface area contributed by atoms with Crippen LogP contribution in [0.15, 0.2) is 12.2 Å². The maximum Gasteiger partial charge on any atom is 0.0341 e. The molecule has 0 radical (unpaired) electrons. The molecule has 0 aliphatic heterocycles. The minimum Gasteiger partial charge on any atom is -0.123 e. The highest BCUT2D eigenvalue weighted by Crippen LogP contribution is 2.45. The molecule has 1 heteroatoms. The molecule has 0 aromatic carbocycles. The Balaban J connectivity index is 2.09. The van der Waals surface area contributed by atoms with E-state index in [1.807, 2.05) is 0 Å². The molecule has 0 amide bonds. The zero-order valence-corrected chi connectivity index (χ0v) is 7.01. The summed E-state index contributed by atoms with van der Waals surface area (Å²) in [5, 5.41) is 0.375. The van der Waals surface area contributed by atoms with Crippen LogP contribution in [-0.2, 0) is 0 Å². The van der Waals surface area contributed by atoms with Gasteiger partial charge >= 0.3 is 0 Å². The van der Waals surface area contributed by atoms with Gasteiger partial charge in [0, 0.05) is 5.38 Å². The molecular formula is C9H13Cl. The summed E-state index contributed by atoms with van der Waals surface area (Å²) < 4.78 is 0. The van der Waals surface area contributed by atoms with Gasteiger partial charge in [-0.2, -0.15) is 0 Å². The van der Waals surface area contributed by atoms with Crippen molar-refractivity contribution in [3.8, 4) is 0 Å². The lowest BCUT2D eigenvalue weighted by Gasteiger charge is -2.19. The molecule has 4 atom stereocenters. The second-order valence-electron chi connectivity index (χ2n) is 3.62. The summed E-state index contributed by atoms with van der Waals surface area (Å²) in [5.74, 6) is 2.46. The molecule has 3 unspecified atom stereocenters. The molecule has 0 N–H and O–H groups in total. The molecule has 0 saturated heterocycles. The number of allylic oxidation sites excluding steroid dienone is 2. The van der Waals surface area contributed by atoms with E-state index in [0.29, 0.717) is 5.38 Å². The normalized spacial score (nSPS) is 46.4. The van der Waals surface area contributed by atoms with Crippen molar-refractivity contribution in [3.05, 3.63) is 12.2 Å². The first-order chi connectivity index (χ1) is 4.77. The van der Waals surface area contributed by atoms with Crippen LogP contribution < -0.4 is 0 Å². The molecule has 2 rings (SSSR count). The largest absolute Gasteiger partial charge is 0.123 e. The summed E-state index contributed by atoms with van der Waals surface area (Å²) >= 11 is 6.04. The van der Waals surface area contributed by atoms with E-state index in [1.165, 1.54) is 12.8 Å². The minimum absolute atomic E-state index is 0.375. The molecule has 2 aliphatic carbocycles. The third kappa shape index (κ3) is 0.897. The van der Waals surface area contributed by atoms with Gasteiger partial charge in [0.2, 0.25) is 0 Å². The monoisotopic (exact) mass is 156 g/mol. The van der Waals surface area contributed by atoms with Crippen LogP contribution >= 0.6 is 11.6 Å². The van der Waals surface area contributed by atoms with Gasteiger partial charge in [-0.05, 0) is 37.5 Å². The highest BCUT2D eigenvalue weighted by atomic mass is 35.5. The zero-order valence-electron chi connectivity index (χ0n) is 6.26. The van der Waals surface area contributed by atoms with E-state index >= 15 is 0 Å². The molecule has 0 aromatic heterocycles. The first-order valence-electron chi connectivity index (χ1n) is 4.10. The highest BCUT2D eigenvalue weighted by molar-refractivity contribution is 6.20. The Morgan fingerprint density at radius 1 is 1.40 bits per heavy atom. The average molecular weight is 157 g/mol. The van der Waals surface area contributed by atoms with Gasteiger partial charge in [0.25, 0.3) is 0 Å². The molecule has 2 bridgehead atoms. The summed E-state index contributed by atoms with van der Waals surface area (Å²) in [4.78, 5) is 0. The number of hydrogen-bond acceptors (Lipinski definition) is 0. The standard InChI is InChI=1S/C9H13Cl/c1-6(10)9-5-7-2-3-8(9)4-7/h2-3,6-9H,4-5H2,1H3/t6?,7?,8?,9-/m1/s1.